The van der Waals surface area contributed by atoms with Gasteiger partial charge in [0.25, 0.3) is 0 Å². The minimum Gasteiger partial charge on any atom is -0.211 e. The van der Waals surface area contributed by atoms with Gasteiger partial charge in [0.1, 0.15) is 15.8 Å². The number of halogens is 2. The molecular formula is C20H14ClFN2S2. The summed E-state index contributed by atoms with van der Waals surface area (Å²) < 4.78 is 13.2. The maximum absolute atomic E-state index is 13.2. The van der Waals surface area contributed by atoms with E-state index < -0.39 is 0 Å². The van der Waals surface area contributed by atoms with Crippen molar-refractivity contribution in [2.24, 2.45) is 0 Å². The van der Waals surface area contributed by atoms with Gasteiger partial charge < -0.3 is 0 Å². The molecule has 26 heavy (non-hydrogen) atoms. The molecule has 0 aliphatic heterocycles. The molecule has 4 aromatic rings. The van der Waals surface area contributed by atoms with Crippen molar-refractivity contribution >= 4 is 44.9 Å². The number of thiophene rings is 1. The average Bonchev–Trinajstić information content (AvgIpc) is 2.98. The second-order valence-corrected chi connectivity index (χ2v) is 8.30. The number of nitrogens with zero attached hydrogens (tertiary/aromatic N) is 2. The van der Waals surface area contributed by atoms with Crippen LogP contribution in [-0.2, 0) is 5.75 Å². The van der Waals surface area contributed by atoms with Crippen LogP contribution in [-0.4, -0.2) is 9.97 Å². The molecule has 0 unspecified atom stereocenters. The van der Waals surface area contributed by atoms with Gasteiger partial charge in [-0.1, -0.05) is 65.8 Å². The topological polar surface area (TPSA) is 25.8 Å². The standard InChI is InChI=1S/C20H14ClFN2S2/c1-12-16(14-7-9-15(22)10-8-14)17-18(21)23-20(24-19(17)26-12)25-11-13-5-3-2-4-6-13/h2-10H,11H2,1H3. The first-order chi connectivity index (χ1) is 12.6. The molecule has 2 nitrogen and oxygen atoms in total. The van der Waals surface area contributed by atoms with Crippen molar-refractivity contribution in [2.75, 3.05) is 0 Å². The average molecular weight is 401 g/mol. The van der Waals surface area contributed by atoms with E-state index in [1.54, 1.807) is 35.2 Å². The number of aromatic nitrogens is 2. The Morgan fingerprint density at radius 2 is 1.77 bits per heavy atom. The van der Waals surface area contributed by atoms with Crippen molar-refractivity contribution in [1.82, 2.24) is 9.97 Å². The predicted molar refractivity (Wildman–Crippen MR) is 109 cm³/mol. The van der Waals surface area contributed by atoms with Crippen LogP contribution in [0, 0.1) is 12.7 Å². The van der Waals surface area contributed by atoms with Crippen LogP contribution in [0.2, 0.25) is 5.15 Å². The zero-order valence-electron chi connectivity index (χ0n) is 13.9. The molecule has 0 saturated carbocycles. The molecule has 6 heteroatoms. The molecule has 4 rings (SSSR count). The number of aryl methyl sites for hydroxylation is 1. The lowest BCUT2D eigenvalue weighted by Gasteiger charge is -2.05. The van der Waals surface area contributed by atoms with Crippen LogP contribution in [0.1, 0.15) is 10.4 Å². The van der Waals surface area contributed by atoms with Crippen LogP contribution in [0.5, 0.6) is 0 Å². The molecule has 0 fully saturated rings. The van der Waals surface area contributed by atoms with Gasteiger partial charge in [-0.2, -0.15) is 0 Å². The Kier molecular flexibility index (Phi) is 4.94. The molecule has 0 radical (unpaired) electrons. The van der Waals surface area contributed by atoms with E-state index in [4.69, 9.17) is 11.6 Å². The number of hydrogen-bond acceptors (Lipinski definition) is 4. The number of hydrogen-bond donors (Lipinski definition) is 0. The molecule has 2 aromatic carbocycles. The van der Waals surface area contributed by atoms with Crippen molar-refractivity contribution in [2.45, 2.75) is 17.8 Å². The van der Waals surface area contributed by atoms with Gasteiger partial charge in [-0.15, -0.1) is 11.3 Å². The lowest BCUT2D eigenvalue weighted by atomic mass is 10.0. The summed E-state index contributed by atoms with van der Waals surface area (Å²) >= 11 is 9.66. The first-order valence-electron chi connectivity index (χ1n) is 8.01. The second-order valence-electron chi connectivity index (χ2n) is 5.79. The summed E-state index contributed by atoms with van der Waals surface area (Å²) in [7, 11) is 0. The Balaban J connectivity index is 1.71. The van der Waals surface area contributed by atoms with E-state index in [1.807, 2.05) is 25.1 Å². The summed E-state index contributed by atoms with van der Waals surface area (Å²) in [5.74, 6) is 0.533. The van der Waals surface area contributed by atoms with Crippen LogP contribution in [0.3, 0.4) is 0 Å². The number of thioether (sulfide) groups is 1. The highest BCUT2D eigenvalue weighted by molar-refractivity contribution is 7.98. The first kappa shape index (κ1) is 17.5. The van der Waals surface area contributed by atoms with E-state index in [9.17, 15) is 4.39 Å². The highest BCUT2D eigenvalue weighted by atomic mass is 35.5. The van der Waals surface area contributed by atoms with Gasteiger partial charge in [0.15, 0.2) is 5.16 Å². The summed E-state index contributed by atoms with van der Waals surface area (Å²) in [6, 6.07) is 16.6. The molecule has 0 spiro atoms. The molecule has 0 atom stereocenters. The van der Waals surface area contributed by atoms with Crippen molar-refractivity contribution in [3.05, 3.63) is 76.0 Å². The number of benzene rings is 2. The van der Waals surface area contributed by atoms with Gasteiger partial charge in [-0.05, 0) is 30.2 Å². The van der Waals surface area contributed by atoms with Gasteiger partial charge in [0.05, 0.1) is 5.39 Å². The summed E-state index contributed by atoms with van der Waals surface area (Å²) in [6.45, 7) is 2.03. The minimum atomic E-state index is -0.257. The molecule has 130 valence electrons. The molecule has 0 N–H and O–H groups in total. The lowest BCUT2D eigenvalue weighted by Crippen LogP contribution is -1.90. The Morgan fingerprint density at radius 3 is 2.50 bits per heavy atom. The van der Waals surface area contributed by atoms with E-state index in [-0.39, 0.29) is 5.82 Å². The van der Waals surface area contributed by atoms with Crippen molar-refractivity contribution in [3.63, 3.8) is 0 Å². The molecule has 2 heterocycles. The lowest BCUT2D eigenvalue weighted by molar-refractivity contribution is 0.628. The maximum atomic E-state index is 13.2. The quantitative estimate of drug-likeness (QED) is 0.215. The zero-order chi connectivity index (χ0) is 18.1. The van der Waals surface area contributed by atoms with E-state index in [2.05, 4.69) is 22.1 Å². The molecule has 2 aromatic heterocycles. The highest BCUT2D eigenvalue weighted by Crippen LogP contribution is 2.41. The first-order valence-corrected chi connectivity index (χ1v) is 10.2. The zero-order valence-corrected chi connectivity index (χ0v) is 16.3. The van der Waals surface area contributed by atoms with Crippen LogP contribution >= 0.6 is 34.7 Å². The van der Waals surface area contributed by atoms with Gasteiger partial charge in [-0.3, -0.25) is 0 Å². The number of fused-ring (bicyclic) bond motifs is 1. The fraction of sp³-hybridized carbons (Fsp3) is 0.100. The van der Waals surface area contributed by atoms with Crippen LogP contribution in [0.4, 0.5) is 4.39 Å². The van der Waals surface area contributed by atoms with Crippen LogP contribution < -0.4 is 0 Å². The maximum Gasteiger partial charge on any atom is 0.190 e. The molecular weight excluding hydrogens is 387 g/mol. The molecule has 0 aliphatic rings. The van der Waals surface area contributed by atoms with Crippen molar-refractivity contribution < 1.29 is 4.39 Å². The van der Waals surface area contributed by atoms with Crippen LogP contribution in [0.25, 0.3) is 21.3 Å². The fourth-order valence-corrected chi connectivity index (χ4v) is 5.08. The normalized spacial score (nSPS) is 11.2. The van der Waals surface area contributed by atoms with E-state index in [1.165, 1.54) is 17.7 Å². The van der Waals surface area contributed by atoms with E-state index >= 15 is 0 Å². The Hall–Kier alpha value is -1.95. The third kappa shape index (κ3) is 3.47. The summed E-state index contributed by atoms with van der Waals surface area (Å²) in [6.07, 6.45) is 0. The largest absolute Gasteiger partial charge is 0.211 e. The molecule has 0 amide bonds. The van der Waals surface area contributed by atoms with E-state index in [0.717, 1.165) is 32.0 Å². The number of rotatable bonds is 4. The second kappa shape index (κ2) is 7.35. The van der Waals surface area contributed by atoms with E-state index in [0.29, 0.717) is 10.3 Å². The minimum absolute atomic E-state index is 0.257. The fourth-order valence-electron chi connectivity index (χ4n) is 2.80. The third-order valence-electron chi connectivity index (χ3n) is 4.01. The third-order valence-corrected chi connectivity index (χ3v) is 6.20. The molecule has 0 bridgehead atoms. The summed E-state index contributed by atoms with van der Waals surface area (Å²) in [5, 5.41) is 1.94. The van der Waals surface area contributed by atoms with Crippen LogP contribution in [0.15, 0.2) is 59.8 Å². The summed E-state index contributed by atoms with van der Waals surface area (Å²) in [5.41, 5.74) is 3.12. The Labute approximate surface area is 164 Å². The van der Waals surface area contributed by atoms with Gasteiger partial charge in [0, 0.05) is 16.2 Å². The SMILES string of the molecule is Cc1sc2nc(SCc3ccccc3)nc(Cl)c2c1-c1ccc(F)cc1. The predicted octanol–water partition coefficient (Wildman–Crippen LogP) is 6.75. The van der Waals surface area contributed by atoms with Gasteiger partial charge >= 0.3 is 0 Å². The smallest absolute Gasteiger partial charge is 0.190 e. The van der Waals surface area contributed by atoms with Crippen molar-refractivity contribution in [3.8, 4) is 11.1 Å². The Morgan fingerprint density at radius 1 is 1.04 bits per heavy atom. The van der Waals surface area contributed by atoms with Crippen molar-refractivity contribution in [1.29, 1.82) is 0 Å². The summed E-state index contributed by atoms with van der Waals surface area (Å²) in [4.78, 5) is 11.1. The monoisotopic (exact) mass is 400 g/mol. The molecule has 0 aliphatic carbocycles. The highest BCUT2D eigenvalue weighted by Gasteiger charge is 2.17. The van der Waals surface area contributed by atoms with Gasteiger partial charge in [-0.25, -0.2) is 14.4 Å². The molecule has 0 saturated heterocycles. The van der Waals surface area contributed by atoms with Gasteiger partial charge in [0.2, 0.25) is 0 Å². The Bertz CT molecular complexity index is 1060.